The number of benzene rings is 4. The molecule has 0 unspecified atom stereocenters. The highest BCUT2D eigenvalue weighted by Crippen LogP contribution is 2.95. The van der Waals surface area contributed by atoms with Crippen molar-refractivity contribution in [3.8, 4) is 11.5 Å². The summed E-state index contributed by atoms with van der Waals surface area (Å²) in [5.74, 6) is 1.56. The van der Waals surface area contributed by atoms with E-state index in [0.29, 0.717) is 0 Å². The van der Waals surface area contributed by atoms with Crippen molar-refractivity contribution in [2.45, 2.75) is 13.8 Å². The fourth-order valence-corrected chi connectivity index (χ4v) is 17.8. The van der Waals surface area contributed by atoms with Crippen LogP contribution in [-0.4, -0.2) is 14.2 Å². The van der Waals surface area contributed by atoms with Crippen LogP contribution in [0.4, 0.5) is 22.7 Å². The van der Waals surface area contributed by atoms with Gasteiger partial charge in [0.2, 0.25) is 0 Å². The SMILES string of the molecule is COc1ccc(N2[P+]([S-])(Nc3ccc(C)cc3)N(c3ccc(OC)cc3)[P+]2([S-])Nc2ccc(C)cc2)cc1. The van der Waals surface area contributed by atoms with E-state index in [1.807, 2.05) is 48.5 Å². The monoisotopic (exact) mass is 580 g/mol. The Morgan fingerprint density at radius 3 is 1.13 bits per heavy atom. The van der Waals surface area contributed by atoms with E-state index >= 15 is 0 Å². The molecule has 2 N–H and O–H groups in total. The molecule has 1 aliphatic rings. The van der Waals surface area contributed by atoms with E-state index in [0.717, 1.165) is 34.2 Å². The summed E-state index contributed by atoms with van der Waals surface area (Å²) in [5, 5.41) is 7.45. The van der Waals surface area contributed by atoms with Crippen LogP contribution in [0, 0.1) is 13.8 Å². The zero-order valence-corrected chi connectivity index (χ0v) is 25.1. The summed E-state index contributed by atoms with van der Waals surface area (Å²) >= 11 is 13.1. The lowest BCUT2D eigenvalue weighted by molar-refractivity contribution is 0.415. The van der Waals surface area contributed by atoms with Crippen LogP contribution in [0.3, 0.4) is 0 Å². The van der Waals surface area contributed by atoms with Crippen molar-refractivity contribution in [1.29, 1.82) is 0 Å². The lowest BCUT2D eigenvalue weighted by atomic mass is 10.2. The number of aryl methyl sites for hydroxylation is 2. The highest BCUT2D eigenvalue weighted by molar-refractivity contribution is 8.62. The molecular formula is C28H30N4O2P2S2. The first-order valence-electron chi connectivity index (χ1n) is 12.1. The van der Waals surface area contributed by atoms with Gasteiger partial charge in [-0.2, -0.15) is 0 Å². The third-order valence-electron chi connectivity index (χ3n) is 6.29. The molecule has 1 aliphatic heterocycles. The smallest absolute Gasteiger partial charge is 0.252 e. The van der Waals surface area contributed by atoms with Gasteiger partial charge in [0.1, 0.15) is 22.9 Å². The minimum absolute atomic E-state index is 0.779. The van der Waals surface area contributed by atoms with E-state index in [4.69, 9.17) is 34.0 Å². The molecule has 6 nitrogen and oxygen atoms in total. The number of anilines is 4. The number of nitrogens with one attached hydrogen (secondary N) is 2. The fourth-order valence-electron chi connectivity index (χ4n) is 4.30. The largest absolute Gasteiger partial charge is 0.497 e. The topological polar surface area (TPSA) is 49.0 Å². The Labute approximate surface area is 236 Å². The Balaban J connectivity index is 1.65. The molecule has 196 valence electrons. The first-order valence-corrected chi connectivity index (χ1v) is 17.5. The van der Waals surface area contributed by atoms with Gasteiger partial charge >= 0.3 is 0 Å². The van der Waals surface area contributed by atoms with Gasteiger partial charge in [0.15, 0.2) is 0 Å². The second-order valence-corrected chi connectivity index (χ2v) is 16.9. The van der Waals surface area contributed by atoms with Gasteiger partial charge in [0, 0.05) is 0 Å². The van der Waals surface area contributed by atoms with Gasteiger partial charge in [-0.05, 0) is 86.6 Å². The van der Waals surface area contributed by atoms with Crippen LogP contribution in [0.5, 0.6) is 11.5 Å². The molecule has 0 atom stereocenters. The third kappa shape index (κ3) is 4.99. The van der Waals surface area contributed by atoms with E-state index < -0.39 is 13.8 Å². The van der Waals surface area contributed by atoms with Crippen molar-refractivity contribution >= 4 is 61.1 Å². The molecule has 5 rings (SSSR count). The predicted molar refractivity (Wildman–Crippen MR) is 169 cm³/mol. The molecule has 1 heterocycles. The van der Waals surface area contributed by atoms with E-state index in [1.54, 1.807) is 14.2 Å². The van der Waals surface area contributed by atoms with Gasteiger partial charge in [-0.25, -0.2) is 10.2 Å². The number of hydrogen-bond acceptors (Lipinski definition) is 8. The molecule has 0 bridgehead atoms. The lowest BCUT2D eigenvalue weighted by Crippen LogP contribution is -2.53. The number of ether oxygens (including phenoxy) is 2. The quantitative estimate of drug-likeness (QED) is 0.159. The molecule has 0 aliphatic carbocycles. The summed E-state index contributed by atoms with van der Waals surface area (Å²) < 4.78 is 15.3. The number of rotatable bonds is 8. The number of hydrogen-bond donors (Lipinski definition) is 2. The average Bonchev–Trinajstić information content (AvgIpc) is 2.92. The minimum atomic E-state index is -2.66. The molecule has 0 aromatic heterocycles. The summed E-state index contributed by atoms with van der Waals surface area (Å²) in [7, 11) is 3.33. The summed E-state index contributed by atoms with van der Waals surface area (Å²) in [6.07, 6.45) is 0. The van der Waals surface area contributed by atoms with Crippen LogP contribution < -0.4 is 28.5 Å². The standard InChI is InChI=1S/C28H30N4O2P2S2/c1-21-5-9-23(10-6-21)29-35(37)31(25-13-17-27(33-3)18-14-25)36(38,30-24-11-7-22(2)8-12-24)32(35)26-15-19-28(34-4)20-16-26/h5-20H,1-4H3,(H,29,37)(H,30,38). The van der Waals surface area contributed by atoms with Gasteiger partial charge in [0.05, 0.1) is 25.6 Å². The van der Waals surface area contributed by atoms with Crippen molar-refractivity contribution in [3.63, 3.8) is 0 Å². The Kier molecular flexibility index (Phi) is 7.61. The molecule has 10 heteroatoms. The second-order valence-electron chi connectivity index (χ2n) is 9.02. The molecule has 1 fully saturated rings. The fraction of sp³-hybridized carbons (Fsp3) is 0.143. The van der Waals surface area contributed by atoms with Crippen LogP contribution >= 0.6 is 13.8 Å². The van der Waals surface area contributed by atoms with Gasteiger partial charge < -0.3 is 34.0 Å². The Bertz CT molecular complexity index is 1270. The molecule has 1 saturated heterocycles. The molecule has 0 amide bonds. The lowest BCUT2D eigenvalue weighted by Gasteiger charge is -2.64. The summed E-state index contributed by atoms with van der Waals surface area (Å²) in [5.41, 5.74) is 6.17. The summed E-state index contributed by atoms with van der Waals surface area (Å²) in [6.45, 7) is -1.17. The van der Waals surface area contributed by atoms with Gasteiger partial charge in [-0.15, -0.1) is 0 Å². The normalized spacial score (nSPS) is 20.5. The first-order chi connectivity index (χ1) is 18.3. The molecule has 0 spiro atoms. The molecule has 4 aromatic rings. The van der Waals surface area contributed by atoms with Crippen LogP contribution in [-0.2, 0) is 24.5 Å². The molecule has 0 saturated carbocycles. The molecule has 4 aromatic carbocycles. The Morgan fingerprint density at radius 1 is 0.526 bits per heavy atom. The van der Waals surface area contributed by atoms with Crippen molar-refractivity contribution < 1.29 is 9.47 Å². The van der Waals surface area contributed by atoms with E-state index in [9.17, 15) is 0 Å². The average molecular weight is 581 g/mol. The Hall–Kier alpha value is -2.76. The van der Waals surface area contributed by atoms with E-state index in [2.05, 4.69) is 81.4 Å². The molecule has 0 radical (unpaired) electrons. The van der Waals surface area contributed by atoms with E-state index in [-0.39, 0.29) is 0 Å². The predicted octanol–water partition coefficient (Wildman–Crippen LogP) is 8.32. The van der Waals surface area contributed by atoms with Crippen LogP contribution in [0.15, 0.2) is 97.1 Å². The highest BCUT2D eigenvalue weighted by Gasteiger charge is 2.72. The number of methoxy groups -OCH3 is 2. The maximum absolute atomic E-state index is 6.57. The Morgan fingerprint density at radius 2 is 0.842 bits per heavy atom. The first kappa shape index (κ1) is 26.8. The molecular weight excluding hydrogens is 550 g/mol. The van der Waals surface area contributed by atoms with Crippen molar-refractivity contribution in [1.82, 2.24) is 0 Å². The van der Waals surface area contributed by atoms with Crippen LogP contribution in [0.2, 0.25) is 0 Å². The maximum Gasteiger partial charge on any atom is 0.252 e. The second kappa shape index (κ2) is 10.8. The van der Waals surface area contributed by atoms with Crippen molar-refractivity contribution in [3.05, 3.63) is 108 Å². The zero-order chi connectivity index (χ0) is 26.9. The van der Waals surface area contributed by atoms with Crippen molar-refractivity contribution in [2.24, 2.45) is 0 Å². The highest BCUT2D eigenvalue weighted by atomic mass is 32.7. The maximum atomic E-state index is 6.57. The minimum Gasteiger partial charge on any atom is -0.497 e. The van der Waals surface area contributed by atoms with Gasteiger partial charge in [0.25, 0.3) is 13.8 Å². The number of nitrogens with zero attached hydrogens (tertiary/aromatic N) is 2. The van der Waals surface area contributed by atoms with Gasteiger partial charge in [-0.1, -0.05) is 44.3 Å². The summed E-state index contributed by atoms with van der Waals surface area (Å²) in [4.78, 5) is 0. The van der Waals surface area contributed by atoms with Gasteiger partial charge in [-0.3, -0.25) is 0 Å². The summed E-state index contributed by atoms with van der Waals surface area (Å²) in [6, 6.07) is 32.5. The van der Waals surface area contributed by atoms with Crippen LogP contribution in [0.1, 0.15) is 11.1 Å². The van der Waals surface area contributed by atoms with Crippen molar-refractivity contribution in [2.75, 3.05) is 33.3 Å². The zero-order valence-electron chi connectivity index (χ0n) is 21.7. The third-order valence-corrected chi connectivity index (χ3v) is 17.4. The van der Waals surface area contributed by atoms with E-state index in [1.165, 1.54) is 11.1 Å². The molecule has 38 heavy (non-hydrogen) atoms. The van der Waals surface area contributed by atoms with Crippen LogP contribution in [0.25, 0.3) is 0 Å².